The van der Waals surface area contributed by atoms with Crippen molar-refractivity contribution < 1.29 is 14.3 Å². The number of nitrogens with one attached hydrogen (secondary N) is 1. The maximum Gasteiger partial charge on any atom is 0.410 e. The first-order valence-corrected chi connectivity index (χ1v) is 13.5. The third kappa shape index (κ3) is 5.46. The van der Waals surface area contributed by atoms with E-state index in [9.17, 15) is 9.59 Å². The molecule has 5 rings (SSSR count). The Morgan fingerprint density at radius 2 is 1.54 bits per heavy atom. The molecule has 2 unspecified atom stereocenters. The van der Waals surface area contributed by atoms with E-state index < -0.39 is 11.1 Å². The lowest BCUT2D eigenvalue weighted by Gasteiger charge is -2.40. The fourth-order valence-corrected chi connectivity index (χ4v) is 6.50. The van der Waals surface area contributed by atoms with Crippen LogP contribution < -0.4 is 5.32 Å². The van der Waals surface area contributed by atoms with E-state index in [0.29, 0.717) is 24.5 Å². The topological polar surface area (TPSA) is 87.7 Å². The van der Waals surface area contributed by atoms with Gasteiger partial charge in [-0.1, -0.05) is 0 Å². The van der Waals surface area contributed by atoms with E-state index in [1.54, 1.807) is 29.7 Å². The maximum atomic E-state index is 14.1. The second kappa shape index (κ2) is 10.0. The van der Waals surface area contributed by atoms with Gasteiger partial charge in [-0.15, -0.1) is 0 Å². The van der Waals surface area contributed by atoms with Gasteiger partial charge in [0.15, 0.2) is 5.11 Å². The van der Waals surface area contributed by atoms with Gasteiger partial charge in [0.2, 0.25) is 0 Å². The molecule has 0 radical (unpaired) electrons. The number of pyridine rings is 2. The zero-order valence-corrected chi connectivity index (χ0v) is 22.5. The molecule has 2 aromatic rings. The quantitative estimate of drug-likeness (QED) is 0.577. The summed E-state index contributed by atoms with van der Waals surface area (Å²) in [6, 6.07) is 8.07. The number of fused-ring (bicyclic) bond motifs is 2. The van der Waals surface area contributed by atoms with Crippen molar-refractivity contribution >= 4 is 29.3 Å². The summed E-state index contributed by atoms with van der Waals surface area (Å²) in [5.74, 6) is 0.283. The Morgan fingerprint density at radius 1 is 1.03 bits per heavy atom. The van der Waals surface area contributed by atoms with Crippen molar-refractivity contribution in [3.05, 3.63) is 60.2 Å². The molecule has 8 nitrogen and oxygen atoms in total. The molecule has 3 aliphatic heterocycles. The van der Waals surface area contributed by atoms with Crippen LogP contribution >= 0.6 is 12.2 Å². The molecule has 2 bridgehead atoms. The van der Waals surface area contributed by atoms with Crippen LogP contribution in [0.15, 0.2) is 49.1 Å². The normalized spacial score (nSPS) is 24.8. The van der Waals surface area contributed by atoms with Crippen LogP contribution in [0.5, 0.6) is 0 Å². The molecule has 3 saturated heterocycles. The Labute approximate surface area is 223 Å². The molecule has 2 aromatic heterocycles. The predicted octanol–water partition coefficient (Wildman–Crippen LogP) is 3.90. The number of thiocarbonyl (C=S) groups is 1. The lowest BCUT2D eigenvalue weighted by Crippen LogP contribution is -2.52. The Kier molecular flexibility index (Phi) is 6.91. The Balaban J connectivity index is 1.32. The van der Waals surface area contributed by atoms with Crippen LogP contribution in [0.1, 0.15) is 57.6 Å². The summed E-state index contributed by atoms with van der Waals surface area (Å²) in [7, 11) is 0. The van der Waals surface area contributed by atoms with E-state index in [2.05, 4.69) is 15.3 Å². The van der Waals surface area contributed by atoms with Gasteiger partial charge in [-0.05, 0) is 100.0 Å². The first-order chi connectivity index (χ1) is 17.6. The number of piperidine rings is 1. The van der Waals surface area contributed by atoms with Crippen molar-refractivity contribution in [3.63, 3.8) is 0 Å². The average Bonchev–Trinajstić information content (AvgIpc) is 3.24. The minimum atomic E-state index is -0.865. The van der Waals surface area contributed by atoms with Crippen molar-refractivity contribution in [2.75, 3.05) is 6.54 Å². The molecule has 3 aliphatic rings. The minimum Gasteiger partial charge on any atom is -0.444 e. The van der Waals surface area contributed by atoms with Gasteiger partial charge in [-0.25, -0.2) is 4.79 Å². The molecule has 0 aliphatic carbocycles. The van der Waals surface area contributed by atoms with Crippen LogP contribution in [-0.2, 0) is 22.4 Å². The second-order valence-corrected chi connectivity index (χ2v) is 12.0. The Hall–Kier alpha value is -3.07. The van der Waals surface area contributed by atoms with Gasteiger partial charge < -0.3 is 15.0 Å². The van der Waals surface area contributed by atoms with Crippen molar-refractivity contribution in [2.45, 2.75) is 82.5 Å². The smallest absolute Gasteiger partial charge is 0.410 e. The molecule has 0 aromatic carbocycles. The summed E-state index contributed by atoms with van der Waals surface area (Å²) < 4.78 is 5.68. The molecule has 0 saturated carbocycles. The molecule has 0 spiro atoms. The third-order valence-corrected chi connectivity index (χ3v) is 7.95. The van der Waals surface area contributed by atoms with Gasteiger partial charge in [0.05, 0.1) is 0 Å². The van der Waals surface area contributed by atoms with Gasteiger partial charge >= 0.3 is 6.09 Å². The van der Waals surface area contributed by atoms with Gasteiger partial charge in [0.1, 0.15) is 11.1 Å². The highest BCUT2D eigenvalue weighted by Gasteiger charge is 2.51. The van der Waals surface area contributed by atoms with Crippen molar-refractivity contribution in [2.24, 2.45) is 5.92 Å². The largest absolute Gasteiger partial charge is 0.444 e. The number of hydrogen-bond donors (Lipinski definition) is 1. The molecule has 1 N–H and O–H groups in total. The molecule has 5 heterocycles. The highest BCUT2D eigenvalue weighted by Crippen LogP contribution is 2.40. The van der Waals surface area contributed by atoms with Crippen LogP contribution in [0.25, 0.3) is 0 Å². The maximum absolute atomic E-state index is 14.1. The summed E-state index contributed by atoms with van der Waals surface area (Å²) in [5, 5.41) is 3.91. The highest BCUT2D eigenvalue weighted by atomic mass is 32.1. The van der Waals surface area contributed by atoms with E-state index in [4.69, 9.17) is 17.0 Å². The van der Waals surface area contributed by atoms with Gasteiger partial charge in [0, 0.05) is 56.3 Å². The predicted molar refractivity (Wildman–Crippen MR) is 144 cm³/mol. The fraction of sp³-hybridized carbons (Fsp3) is 0.536. The monoisotopic (exact) mass is 521 g/mol. The standard InChI is InChI=1S/C28H35N5O3S/c1-27(2,3)36-26(35)33-22-4-5-23(33)15-21(14-22)18-32-24(34)28(31-25(32)37,16-19-6-10-29-11-7-19)17-20-8-12-30-13-9-20/h6-13,21-23H,4-5,14-18H2,1-3H3,(H,31,37). The first-order valence-electron chi connectivity index (χ1n) is 13.1. The Morgan fingerprint density at radius 3 is 2.03 bits per heavy atom. The molecule has 2 amide bonds. The molecule has 196 valence electrons. The van der Waals surface area contributed by atoms with Crippen LogP contribution in [0.4, 0.5) is 4.79 Å². The third-order valence-electron chi connectivity index (χ3n) is 7.63. The lowest BCUT2D eigenvalue weighted by atomic mass is 9.84. The minimum absolute atomic E-state index is 0.00745. The summed E-state index contributed by atoms with van der Waals surface area (Å²) in [6.07, 6.45) is 11.5. The number of amides is 2. The molecule has 2 atom stereocenters. The van der Waals surface area contributed by atoms with E-state index >= 15 is 0 Å². The fourth-order valence-electron chi connectivity index (χ4n) is 6.15. The number of rotatable bonds is 6. The number of ether oxygens (including phenoxy) is 1. The summed E-state index contributed by atoms with van der Waals surface area (Å²) >= 11 is 5.75. The molecular weight excluding hydrogens is 486 g/mol. The number of carbonyl (C=O) groups excluding carboxylic acids is 2. The van der Waals surface area contributed by atoms with Gasteiger partial charge in [-0.3, -0.25) is 19.7 Å². The van der Waals surface area contributed by atoms with E-state index in [1.807, 2.05) is 49.9 Å². The number of nitrogens with zero attached hydrogens (tertiary/aromatic N) is 4. The SMILES string of the molecule is CC(C)(C)OC(=O)N1C2CCC1CC(CN1C(=O)C(Cc3ccncc3)(Cc3ccncc3)NC1=S)C2. The number of hydrogen-bond acceptors (Lipinski definition) is 6. The molecule has 9 heteroatoms. The first kappa shape index (κ1) is 25.6. The van der Waals surface area contributed by atoms with E-state index in [-0.39, 0.29) is 30.0 Å². The zero-order valence-electron chi connectivity index (χ0n) is 21.7. The second-order valence-electron chi connectivity index (χ2n) is 11.6. The van der Waals surface area contributed by atoms with Crippen LogP contribution in [0.3, 0.4) is 0 Å². The zero-order chi connectivity index (χ0) is 26.2. The number of carbonyl (C=O) groups is 2. The van der Waals surface area contributed by atoms with E-state index in [1.165, 1.54) is 0 Å². The Bertz CT molecular complexity index is 1100. The molecule has 37 heavy (non-hydrogen) atoms. The highest BCUT2D eigenvalue weighted by molar-refractivity contribution is 7.80. The van der Waals surface area contributed by atoms with E-state index in [0.717, 1.165) is 36.8 Å². The van der Waals surface area contributed by atoms with Crippen LogP contribution in [-0.4, -0.2) is 66.6 Å². The van der Waals surface area contributed by atoms with Crippen LogP contribution in [0, 0.1) is 5.92 Å². The summed E-state index contributed by atoms with van der Waals surface area (Å²) in [4.78, 5) is 38.9. The summed E-state index contributed by atoms with van der Waals surface area (Å²) in [5.41, 5.74) is 0.674. The molecular formula is C28H35N5O3S. The molecule has 3 fully saturated rings. The van der Waals surface area contributed by atoms with Crippen molar-refractivity contribution in [3.8, 4) is 0 Å². The average molecular weight is 522 g/mol. The summed E-state index contributed by atoms with van der Waals surface area (Å²) in [6.45, 7) is 6.26. The number of aromatic nitrogens is 2. The van der Waals surface area contributed by atoms with Gasteiger partial charge in [0.25, 0.3) is 5.91 Å². The van der Waals surface area contributed by atoms with Gasteiger partial charge in [-0.2, -0.15) is 0 Å². The van der Waals surface area contributed by atoms with Crippen molar-refractivity contribution in [1.29, 1.82) is 0 Å². The lowest BCUT2D eigenvalue weighted by molar-refractivity contribution is -0.131. The van der Waals surface area contributed by atoms with Crippen LogP contribution in [0.2, 0.25) is 0 Å². The van der Waals surface area contributed by atoms with Crippen molar-refractivity contribution in [1.82, 2.24) is 25.1 Å².